The molecule has 0 aromatic heterocycles. The molecule has 0 saturated carbocycles. The van der Waals surface area contributed by atoms with E-state index in [0.717, 1.165) is 20.2 Å². The molecule has 0 fully saturated rings. The third kappa shape index (κ3) is 7.68. The number of hydrogen-bond donors (Lipinski definition) is 1. The van der Waals surface area contributed by atoms with Crippen molar-refractivity contribution < 1.29 is 30.8 Å². The SMILES string of the molecule is C=CC(=O)NC(C)(C)CCON(C)S(=O)(=O)N(C)OS(=O)(=O)CC. The summed E-state index contributed by atoms with van der Waals surface area (Å²) in [5, 5.41) is 2.66. The fourth-order valence-electron chi connectivity index (χ4n) is 1.36. The highest BCUT2D eigenvalue weighted by atomic mass is 32.2. The Balaban J connectivity index is 4.67. The maximum atomic E-state index is 12.1. The quantitative estimate of drug-likeness (QED) is 0.384. The molecule has 10 nitrogen and oxygen atoms in total. The van der Waals surface area contributed by atoms with Gasteiger partial charge in [0.15, 0.2) is 0 Å². The first-order valence-electron chi connectivity index (χ1n) is 7.00. The van der Waals surface area contributed by atoms with Crippen LogP contribution in [0.5, 0.6) is 0 Å². The lowest BCUT2D eigenvalue weighted by atomic mass is 10.0. The molecule has 24 heavy (non-hydrogen) atoms. The Morgan fingerprint density at radius 2 is 1.75 bits per heavy atom. The lowest BCUT2D eigenvalue weighted by Crippen LogP contribution is -2.45. The van der Waals surface area contributed by atoms with Gasteiger partial charge < -0.3 is 5.32 Å². The van der Waals surface area contributed by atoms with Crippen LogP contribution in [0.25, 0.3) is 0 Å². The average molecular weight is 387 g/mol. The van der Waals surface area contributed by atoms with E-state index in [-0.39, 0.29) is 22.7 Å². The van der Waals surface area contributed by atoms with Crippen molar-refractivity contribution in [3.63, 3.8) is 0 Å². The zero-order chi connectivity index (χ0) is 19.2. The largest absolute Gasteiger partial charge is 0.348 e. The van der Waals surface area contributed by atoms with Gasteiger partial charge in [0.1, 0.15) is 0 Å². The third-order valence-electron chi connectivity index (χ3n) is 2.87. The number of hydroxylamine groups is 2. The summed E-state index contributed by atoms with van der Waals surface area (Å²) in [5.41, 5.74) is -0.649. The highest BCUT2D eigenvalue weighted by molar-refractivity contribution is 7.89. The molecule has 0 aliphatic rings. The molecule has 0 spiro atoms. The van der Waals surface area contributed by atoms with E-state index in [1.54, 1.807) is 13.8 Å². The van der Waals surface area contributed by atoms with Crippen LogP contribution >= 0.6 is 0 Å². The van der Waals surface area contributed by atoms with Gasteiger partial charge in [0.2, 0.25) is 5.91 Å². The molecule has 0 saturated heterocycles. The number of carbonyl (C=O) groups excluding carboxylic acids is 1. The Hall–Kier alpha value is -1.05. The maximum absolute atomic E-state index is 12.1. The summed E-state index contributed by atoms with van der Waals surface area (Å²) in [5.74, 6) is -0.742. The first-order chi connectivity index (χ1) is 10.8. The van der Waals surface area contributed by atoms with E-state index < -0.39 is 25.9 Å². The molecule has 12 heteroatoms. The van der Waals surface area contributed by atoms with Crippen molar-refractivity contribution in [2.24, 2.45) is 0 Å². The highest BCUT2D eigenvalue weighted by Gasteiger charge is 2.30. The Bertz CT molecular complexity index is 644. The molecule has 0 unspecified atom stereocenters. The van der Waals surface area contributed by atoms with E-state index in [1.807, 2.05) is 0 Å². The lowest BCUT2D eigenvalue weighted by Gasteiger charge is -2.27. The molecule has 1 amide bonds. The number of nitrogens with zero attached hydrogens (tertiary/aromatic N) is 2. The van der Waals surface area contributed by atoms with E-state index in [9.17, 15) is 21.6 Å². The summed E-state index contributed by atoms with van der Waals surface area (Å²) < 4.78 is 51.9. The van der Waals surface area contributed by atoms with Crippen molar-refractivity contribution in [2.75, 3.05) is 26.5 Å². The molecule has 0 aliphatic heterocycles. The van der Waals surface area contributed by atoms with Gasteiger partial charge in [-0.3, -0.25) is 9.63 Å². The summed E-state index contributed by atoms with van der Waals surface area (Å²) in [6.45, 7) is 8.07. The van der Waals surface area contributed by atoms with Crippen molar-refractivity contribution >= 4 is 26.2 Å². The standard InChI is InChI=1S/C12H25N3O7S2/c1-7-11(16)13-12(3,4)9-10-21-14(5)24(19,20)15(6)22-23(17,18)8-2/h7H,1,8-10H2,2-6H3,(H,13,16). The second kappa shape index (κ2) is 8.87. The Morgan fingerprint density at radius 3 is 2.21 bits per heavy atom. The van der Waals surface area contributed by atoms with Crippen molar-refractivity contribution in [3.05, 3.63) is 12.7 Å². The van der Waals surface area contributed by atoms with E-state index in [1.165, 1.54) is 6.92 Å². The van der Waals surface area contributed by atoms with Gasteiger partial charge in [0.25, 0.3) is 10.1 Å². The predicted octanol–water partition coefficient (Wildman–Crippen LogP) is -0.221. The van der Waals surface area contributed by atoms with E-state index in [2.05, 4.69) is 16.2 Å². The number of hydrogen-bond acceptors (Lipinski definition) is 7. The van der Waals surface area contributed by atoms with Gasteiger partial charge in [0.05, 0.1) is 12.4 Å². The monoisotopic (exact) mass is 387 g/mol. The van der Waals surface area contributed by atoms with E-state index >= 15 is 0 Å². The second-order valence-electron chi connectivity index (χ2n) is 5.41. The van der Waals surface area contributed by atoms with Gasteiger partial charge >= 0.3 is 10.2 Å². The van der Waals surface area contributed by atoms with Crippen LogP contribution in [-0.2, 0) is 34.2 Å². The van der Waals surface area contributed by atoms with Gasteiger partial charge in [-0.25, -0.2) is 0 Å². The lowest BCUT2D eigenvalue weighted by molar-refractivity contribution is -0.119. The van der Waals surface area contributed by atoms with Gasteiger partial charge in [-0.2, -0.15) is 21.1 Å². The second-order valence-corrected chi connectivity index (χ2v) is 9.17. The van der Waals surface area contributed by atoms with Crippen LogP contribution in [0.2, 0.25) is 0 Å². The highest BCUT2D eigenvalue weighted by Crippen LogP contribution is 2.12. The fourth-order valence-corrected chi connectivity index (χ4v) is 2.90. The Morgan fingerprint density at radius 1 is 1.21 bits per heavy atom. The summed E-state index contributed by atoms with van der Waals surface area (Å²) >= 11 is 0. The summed E-state index contributed by atoms with van der Waals surface area (Å²) in [6, 6.07) is 0. The third-order valence-corrected chi connectivity index (χ3v) is 5.60. The Kier molecular flexibility index (Phi) is 8.49. The van der Waals surface area contributed by atoms with E-state index in [4.69, 9.17) is 4.84 Å². The fraction of sp³-hybridized carbons (Fsp3) is 0.750. The number of carbonyl (C=O) groups is 1. The molecule has 0 aromatic rings. The van der Waals surface area contributed by atoms with Crippen LogP contribution in [-0.4, -0.2) is 63.7 Å². The first kappa shape index (κ1) is 22.9. The molecule has 0 atom stereocenters. The molecule has 142 valence electrons. The molecular formula is C12H25N3O7S2. The number of amides is 1. The molecular weight excluding hydrogens is 362 g/mol. The van der Waals surface area contributed by atoms with Gasteiger partial charge in [0, 0.05) is 19.6 Å². The molecule has 0 rings (SSSR count). The minimum atomic E-state index is -4.29. The smallest absolute Gasteiger partial charge is 0.326 e. The zero-order valence-corrected chi connectivity index (χ0v) is 16.1. The molecule has 0 radical (unpaired) electrons. The van der Waals surface area contributed by atoms with Crippen LogP contribution in [0.3, 0.4) is 0 Å². The predicted molar refractivity (Wildman–Crippen MR) is 88.0 cm³/mol. The number of rotatable bonds is 11. The maximum Gasteiger partial charge on any atom is 0.326 e. The molecule has 1 N–H and O–H groups in total. The minimum absolute atomic E-state index is 0.0471. The molecule has 0 aliphatic carbocycles. The molecule has 0 aromatic carbocycles. The van der Waals surface area contributed by atoms with Gasteiger partial charge in [-0.1, -0.05) is 15.5 Å². The van der Waals surface area contributed by atoms with Crippen LogP contribution in [0.1, 0.15) is 27.2 Å². The zero-order valence-electron chi connectivity index (χ0n) is 14.5. The normalized spacial score (nSPS) is 13.3. The molecule has 0 bridgehead atoms. The minimum Gasteiger partial charge on any atom is -0.348 e. The van der Waals surface area contributed by atoms with Crippen molar-refractivity contribution in [3.8, 4) is 0 Å². The van der Waals surface area contributed by atoms with Crippen molar-refractivity contribution in [2.45, 2.75) is 32.7 Å². The van der Waals surface area contributed by atoms with Crippen molar-refractivity contribution in [1.82, 2.24) is 14.3 Å². The van der Waals surface area contributed by atoms with Crippen LogP contribution in [0.15, 0.2) is 12.7 Å². The first-order valence-corrected chi connectivity index (χ1v) is 9.97. The van der Waals surface area contributed by atoms with E-state index in [0.29, 0.717) is 10.9 Å². The van der Waals surface area contributed by atoms with Crippen molar-refractivity contribution in [1.29, 1.82) is 0 Å². The van der Waals surface area contributed by atoms with Crippen LogP contribution in [0.4, 0.5) is 0 Å². The van der Waals surface area contributed by atoms with Gasteiger partial charge in [-0.15, -0.1) is 0 Å². The van der Waals surface area contributed by atoms with Gasteiger partial charge in [-0.05, 0) is 33.3 Å². The topological polar surface area (TPSA) is 122 Å². The Labute approximate surface area is 143 Å². The summed E-state index contributed by atoms with van der Waals surface area (Å²) in [7, 11) is -6.23. The van der Waals surface area contributed by atoms with Crippen LogP contribution < -0.4 is 5.32 Å². The summed E-state index contributed by atoms with van der Waals surface area (Å²) in [4.78, 5) is 16.4. The van der Waals surface area contributed by atoms with Crippen LogP contribution in [0, 0.1) is 0 Å². The average Bonchev–Trinajstić information content (AvgIpc) is 2.45. The summed E-state index contributed by atoms with van der Waals surface area (Å²) in [6.07, 6.45) is 1.42. The molecule has 0 heterocycles. The number of nitrogens with one attached hydrogen (secondary N) is 1.